The minimum absolute atomic E-state index is 0.302. The molecule has 5 nitrogen and oxygen atoms in total. The van der Waals surface area contributed by atoms with Crippen LogP contribution in [0.15, 0.2) is 10.1 Å². The van der Waals surface area contributed by atoms with Gasteiger partial charge in [0.15, 0.2) is 3.92 Å². The van der Waals surface area contributed by atoms with Crippen molar-refractivity contribution >= 4 is 39.1 Å². The topological polar surface area (TPSA) is 53.5 Å². The lowest BCUT2D eigenvalue weighted by atomic mass is 9.91. The Morgan fingerprint density at radius 1 is 1.32 bits per heavy atom. The molecule has 0 atom stereocenters. The van der Waals surface area contributed by atoms with Crippen LogP contribution in [0.4, 0.5) is 0 Å². The van der Waals surface area contributed by atoms with Gasteiger partial charge in [0.25, 0.3) is 0 Å². The fourth-order valence-corrected chi connectivity index (χ4v) is 3.81. The quantitative estimate of drug-likeness (QED) is 0.784. The third kappa shape index (κ3) is 2.53. The number of rotatable bonds is 3. The van der Waals surface area contributed by atoms with Crippen LogP contribution in [-0.2, 0) is 16.1 Å². The van der Waals surface area contributed by atoms with E-state index in [4.69, 9.17) is 0 Å². The third-order valence-electron chi connectivity index (χ3n) is 3.73. The molecule has 7 heteroatoms. The maximum atomic E-state index is 12.1. The highest BCUT2D eigenvalue weighted by atomic mass is 79.9. The summed E-state index contributed by atoms with van der Waals surface area (Å²) in [6, 6.07) is 0.302. The summed E-state index contributed by atoms with van der Waals surface area (Å²) in [5.41, 5.74) is 0. The number of aromatic nitrogens is 1. The summed E-state index contributed by atoms with van der Waals surface area (Å²) in [6.07, 6.45) is 4.99. The van der Waals surface area contributed by atoms with Crippen LogP contribution < -0.4 is 0 Å². The molecular weight excluding hydrogens is 330 g/mol. The normalized spacial score (nSPS) is 20.9. The highest BCUT2D eigenvalue weighted by molar-refractivity contribution is 9.11. The first kappa shape index (κ1) is 13.1. The SMILES string of the molecule is O=C1C(=O)N(C2CCC2)CCN1Cc1cnc(Br)s1. The fourth-order valence-electron chi connectivity index (χ4n) is 2.43. The van der Waals surface area contributed by atoms with Gasteiger partial charge in [0.2, 0.25) is 0 Å². The van der Waals surface area contributed by atoms with Gasteiger partial charge in [-0.25, -0.2) is 4.98 Å². The van der Waals surface area contributed by atoms with Gasteiger partial charge in [0, 0.05) is 30.2 Å². The first-order valence-corrected chi connectivity index (χ1v) is 7.96. The lowest BCUT2D eigenvalue weighted by Crippen LogP contribution is -2.58. The number of amides is 2. The number of halogens is 1. The number of thiazole rings is 1. The zero-order chi connectivity index (χ0) is 13.4. The van der Waals surface area contributed by atoms with Crippen molar-refractivity contribution in [2.45, 2.75) is 31.8 Å². The molecule has 2 heterocycles. The van der Waals surface area contributed by atoms with Gasteiger partial charge in [-0.05, 0) is 35.2 Å². The van der Waals surface area contributed by atoms with Gasteiger partial charge in [-0.3, -0.25) is 9.59 Å². The van der Waals surface area contributed by atoms with Crippen LogP contribution >= 0.6 is 27.3 Å². The maximum absolute atomic E-state index is 12.1. The zero-order valence-corrected chi connectivity index (χ0v) is 12.7. The van der Waals surface area contributed by atoms with Gasteiger partial charge in [-0.2, -0.15) is 0 Å². The minimum Gasteiger partial charge on any atom is -0.330 e. The van der Waals surface area contributed by atoms with Crippen LogP contribution in [0, 0.1) is 0 Å². The molecule has 0 spiro atoms. The number of carbonyl (C=O) groups excluding carboxylic acids is 2. The Balaban J connectivity index is 1.65. The van der Waals surface area contributed by atoms with E-state index in [1.54, 1.807) is 16.0 Å². The number of nitrogens with zero attached hydrogens (tertiary/aromatic N) is 3. The summed E-state index contributed by atoms with van der Waals surface area (Å²) in [5.74, 6) is -0.706. The van der Waals surface area contributed by atoms with Gasteiger partial charge in [0.1, 0.15) is 0 Å². The Labute approximate surface area is 123 Å². The lowest BCUT2D eigenvalue weighted by Gasteiger charge is -2.42. The molecule has 19 heavy (non-hydrogen) atoms. The largest absolute Gasteiger partial charge is 0.330 e. The number of hydrogen-bond donors (Lipinski definition) is 0. The van der Waals surface area contributed by atoms with Crippen LogP contribution in [0.1, 0.15) is 24.1 Å². The summed E-state index contributed by atoms with van der Waals surface area (Å²) < 4.78 is 0.800. The first-order valence-electron chi connectivity index (χ1n) is 6.35. The van der Waals surface area contributed by atoms with E-state index in [1.165, 1.54) is 17.8 Å². The van der Waals surface area contributed by atoms with Crippen molar-refractivity contribution in [1.82, 2.24) is 14.8 Å². The van der Waals surface area contributed by atoms with Gasteiger partial charge in [-0.15, -0.1) is 11.3 Å². The average Bonchev–Trinajstić information content (AvgIpc) is 2.72. The van der Waals surface area contributed by atoms with Gasteiger partial charge in [-0.1, -0.05) is 0 Å². The highest BCUT2D eigenvalue weighted by Crippen LogP contribution is 2.27. The van der Waals surface area contributed by atoms with E-state index in [9.17, 15) is 9.59 Å². The number of carbonyl (C=O) groups is 2. The molecule has 1 aromatic rings. The molecule has 2 fully saturated rings. The second kappa shape index (κ2) is 5.20. The van der Waals surface area contributed by atoms with E-state index in [2.05, 4.69) is 20.9 Å². The summed E-state index contributed by atoms with van der Waals surface area (Å²) in [5, 5.41) is 0. The molecule has 1 aliphatic carbocycles. The number of hydrogen-bond acceptors (Lipinski definition) is 4. The van der Waals surface area contributed by atoms with Crippen molar-refractivity contribution in [2.75, 3.05) is 13.1 Å². The summed E-state index contributed by atoms with van der Waals surface area (Å²) in [4.78, 5) is 32.6. The first-order chi connectivity index (χ1) is 9.15. The predicted octanol–water partition coefficient (Wildman–Crippen LogP) is 1.63. The number of piperazine rings is 1. The Morgan fingerprint density at radius 2 is 2.11 bits per heavy atom. The van der Waals surface area contributed by atoms with Gasteiger partial charge < -0.3 is 9.80 Å². The van der Waals surface area contributed by atoms with Crippen molar-refractivity contribution in [3.8, 4) is 0 Å². The molecule has 0 unspecified atom stereocenters. The molecule has 0 radical (unpaired) electrons. The van der Waals surface area contributed by atoms with E-state index in [0.29, 0.717) is 25.7 Å². The van der Waals surface area contributed by atoms with Crippen molar-refractivity contribution in [2.24, 2.45) is 0 Å². The van der Waals surface area contributed by atoms with E-state index < -0.39 is 0 Å². The molecule has 3 rings (SSSR count). The van der Waals surface area contributed by atoms with Crippen LogP contribution in [0.25, 0.3) is 0 Å². The van der Waals surface area contributed by atoms with Gasteiger partial charge in [0.05, 0.1) is 6.54 Å². The average molecular weight is 344 g/mol. The lowest BCUT2D eigenvalue weighted by molar-refractivity contribution is -0.159. The molecule has 2 aliphatic rings. The summed E-state index contributed by atoms with van der Waals surface area (Å²) >= 11 is 4.79. The summed E-state index contributed by atoms with van der Waals surface area (Å²) in [7, 11) is 0. The van der Waals surface area contributed by atoms with E-state index in [-0.39, 0.29) is 11.8 Å². The molecule has 0 N–H and O–H groups in total. The summed E-state index contributed by atoms with van der Waals surface area (Å²) in [6.45, 7) is 1.76. The standard InChI is InChI=1S/C12H14BrN3O2S/c13-12-14-6-9(19-12)7-15-4-5-16(8-2-1-3-8)11(18)10(15)17/h6,8H,1-5,7H2. The Kier molecular flexibility index (Phi) is 3.58. The van der Waals surface area contributed by atoms with Crippen molar-refractivity contribution in [1.29, 1.82) is 0 Å². The molecule has 2 amide bonds. The molecule has 1 saturated carbocycles. The maximum Gasteiger partial charge on any atom is 0.312 e. The fraction of sp³-hybridized carbons (Fsp3) is 0.583. The van der Waals surface area contributed by atoms with Gasteiger partial charge >= 0.3 is 11.8 Å². The van der Waals surface area contributed by atoms with Crippen LogP contribution in [0.5, 0.6) is 0 Å². The molecular formula is C12H14BrN3O2S. The van der Waals surface area contributed by atoms with Crippen LogP contribution in [0.3, 0.4) is 0 Å². The molecule has 0 aromatic carbocycles. The monoisotopic (exact) mass is 343 g/mol. The zero-order valence-electron chi connectivity index (χ0n) is 10.3. The minimum atomic E-state index is -0.373. The van der Waals surface area contributed by atoms with Crippen molar-refractivity contribution in [3.05, 3.63) is 15.0 Å². The smallest absolute Gasteiger partial charge is 0.312 e. The predicted molar refractivity (Wildman–Crippen MR) is 74.6 cm³/mol. The molecule has 0 bridgehead atoms. The molecule has 1 aromatic heterocycles. The van der Waals surface area contributed by atoms with E-state index >= 15 is 0 Å². The third-order valence-corrected chi connectivity index (χ3v) is 5.19. The Hall–Kier alpha value is -0.950. The Morgan fingerprint density at radius 3 is 2.68 bits per heavy atom. The van der Waals surface area contributed by atoms with Crippen LogP contribution in [0.2, 0.25) is 0 Å². The Bertz CT molecular complexity index is 515. The second-order valence-electron chi connectivity index (χ2n) is 4.89. The molecule has 102 valence electrons. The van der Waals surface area contributed by atoms with E-state index in [1.807, 2.05) is 0 Å². The van der Waals surface area contributed by atoms with E-state index in [0.717, 1.165) is 21.6 Å². The van der Waals surface area contributed by atoms with Crippen molar-refractivity contribution in [3.63, 3.8) is 0 Å². The highest BCUT2D eigenvalue weighted by Gasteiger charge is 2.38. The molecule has 1 aliphatic heterocycles. The molecule has 1 saturated heterocycles. The van der Waals surface area contributed by atoms with Crippen molar-refractivity contribution < 1.29 is 9.59 Å². The second-order valence-corrected chi connectivity index (χ2v) is 7.28. The van der Waals surface area contributed by atoms with Crippen LogP contribution in [-0.4, -0.2) is 45.7 Å².